The van der Waals surface area contributed by atoms with Crippen molar-refractivity contribution in [1.29, 1.82) is 5.26 Å². The Labute approximate surface area is 148 Å². The molecule has 2 aliphatic rings. The van der Waals surface area contributed by atoms with Crippen LogP contribution in [0.25, 0.3) is 0 Å². The van der Waals surface area contributed by atoms with Gasteiger partial charge in [-0.25, -0.2) is 4.67 Å². The SMILES string of the molecule is B[C@@H]1OC2C(OC[C@H]2C)[C@H]1OP(OCCC#N)N(C(C)C)C(C)C. The van der Waals surface area contributed by atoms with E-state index in [2.05, 4.69) is 45.4 Å². The summed E-state index contributed by atoms with van der Waals surface area (Å²) in [4.78, 5) is 0. The third-order valence-corrected chi connectivity index (χ3v) is 6.60. The van der Waals surface area contributed by atoms with E-state index in [0.717, 1.165) is 0 Å². The molecule has 0 aromatic rings. The summed E-state index contributed by atoms with van der Waals surface area (Å²) >= 11 is 0. The Balaban J connectivity index is 2.10. The van der Waals surface area contributed by atoms with Crippen LogP contribution >= 0.6 is 8.53 Å². The van der Waals surface area contributed by atoms with E-state index < -0.39 is 8.53 Å². The van der Waals surface area contributed by atoms with Gasteiger partial charge >= 0.3 is 0 Å². The molecule has 2 rings (SSSR count). The molecule has 0 saturated carbocycles. The molecule has 0 N–H and O–H groups in total. The first-order valence-electron chi connectivity index (χ1n) is 8.88. The number of hydrogen-bond acceptors (Lipinski definition) is 6. The summed E-state index contributed by atoms with van der Waals surface area (Å²) < 4.78 is 26.7. The van der Waals surface area contributed by atoms with Gasteiger partial charge in [0.1, 0.15) is 20.1 Å². The quantitative estimate of drug-likeness (QED) is 0.377. The molecule has 0 spiro atoms. The van der Waals surface area contributed by atoms with E-state index >= 15 is 0 Å². The summed E-state index contributed by atoms with van der Waals surface area (Å²) in [7, 11) is 0.771. The fraction of sp³-hybridized carbons (Fsp3) is 0.938. The van der Waals surface area contributed by atoms with Gasteiger partial charge in [0, 0.05) is 18.0 Å². The third kappa shape index (κ3) is 4.49. The van der Waals surface area contributed by atoms with E-state index in [1.807, 2.05) is 7.85 Å². The highest BCUT2D eigenvalue weighted by Gasteiger charge is 2.51. The molecule has 8 heteroatoms. The van der Waals surface area contributed by atoms with Crippen molar-refractivity contribution in [1.82, 2.24) is 4.67 Å². The van der Waals surface area contributed by atoms with Gasteiger partial charge in [-0.2, -0.15) is 5.26 Å². The maximum absolute atomic E-state index is 8.80. The molecular formula is C16H30BN2O4P. The minimum Gasteiger partial charge on any atom is -0.378 e. The van der Waals surface area contributed by atoms with Crippen molar-refractivity contribution in [3.63, 3.8) is 0 Å². The van der Waals surface area contributed by atoms with E-state index in [9.17, 15) is 0 Å². The lowest BCUT2D eigenvalue weighted by Crippen LogP contribution is -2.39. The molecule has 2 heterocycles. The molecule has 0 radical (unpaired) electrons. The summed E-state index contributed by atoms with van der Waals surface area (Å²) in [6, 6.07) is 2.68. The second kappa shape index (κ2) is 8.94. The van der Waals surface area contributed by atoms with Crippen LogP contribution in [-0.4, -0.2) is 62.1 Å². The van der Waals surface area contributed by atoms with Gasteiger partial charge in [0.2, 0.25) is 0 Å². The Morgan fingerprint density at radius 1 is 1.29 bits per heavy atom. The van der Waals surface area contributed by atoms with Crippen molar-refractivity contribution in [2.24, 2.45) is 5.92 Å². The zero-order valence-electron chi connectivity index (χ0n) is 15.6. The summed E-state index contributed by atoms with van der Waals surface area (Å²) in [6.07, 6.45) is 0.309. The molecule has 0 aromatic carbocycles. The van der Waals surface area contributed by atoms with Crippen LogP contribution in [0.2, 0.25) is 0 Å². The van der Waals surface area contributed by atoms with Crippen molar-refractivity contribution >= 4 is 16.4 Å². The minimum absolute atomic E-state index is 0.0199. The topological polar surface area (TPSA) is 64.0 Å². The van der Waals surface area contributed by atoms with E-state index in [1.54, 1.807) is 0 Å². The Morgan fingerprint density at radius 2 is 1.96 bits per heavy atom. The normalized spacial score (nSPS) is 34.0. The number of nitriles is 1. The standard InChI is InChI=1S/C16H30BN2O4P/c1-10(2)19(11(3)4)24(21-8-6-7-18)23-15-14-13(22-16(15)17)12(5)9-20-14/h10-16H,6,8-9,17H2,1-5H3/t12-,13?,14?,15-,16-,24?/m1/s1. The molecule has 0 bridgehead atoms. The average molecular weight is 356 g/mol. The number of ether oxygens (including phenoxy) is 2. The number of hydrogen-bond donors (Lipinski definition) is 0. The van der Waals surface area contributed by atoms with Gasteiger partial charge in [0.25, 0.3) is 8.53 Å². The highest BCUT2D eigenvalue weighted by Crippen LogP contribution is 2.50. The molecule has 0 aliphatic carbocycles. The predicted octanol–water partition coefficient (Wildman–Crippen LogP) is 2.04. The molecule has 2 saturated heterocycles. The number of fused-ring (bicyclic) bond motifs is 1. The second-order valence-electron chi connectivity index (χ2n) is 7.20. The van der Waals surface area contributed by atoms with Crippen LogP contribution in [0.5, 0.6) is 0 Å². The van der Waals surface area contributed by atoms with Crippen molar-refractivity contribution in [2.45, 2.75) is 77.4 Å². The molecule has 24 heavy (non-hydrogen) atoms. The summed E-state index contributed by atoms with van der Waals surface area (Å²) in [6.45, 7) is 11.8. The molecule has 6 atom stereocenters. The lowest BCUT2D eigenvalue weighted by molar-refractivity contribution is 0.0130. The Bertz CT molecular complexity index is 440. The number of rotatable bonds is 8. The first-order chi connectivity index (χ1) is 11.4. The first-order valence-corrected chi connectivity index (χ1v) is 10.0. The fourth-order valence-electron chi connectivity index (χ4n) is 3.41. The Morgan fingerprint density at radius 3 is 2.54 bits per heavy atom. The van der Waals surface area contributed by atoms with Gasteiger partial charge in [0.15, 0.2) is 0 Å². The van der Waals surface area contributed by atoms with Crippen LogP contribution in [0.3, 0.4) is 0 Å². The molecule has 2 fully saturated rings. The Hall–Kier alpha value is -0.215. The molecule has 6 nitrogen and oxygen atoms in total. The van der Waals surface area contributed by atoms with Crippen LogP contribution in [0, 0.1) is 17.2 Å². The van der Waals surface area contributed by atoms with Crippen LogP contribution in [0.4, 0.5) is 0 Å². The van der Waals surface area contributed by atoms with Crippen molar-refractivity contribution in [2.75, 3.05) is 13.2 Å². The van der Waals surface area contributed by atoms with E-state index in [4.69, 9.17) is 23.8 Å². The minimum atomic E-state index is -1.27. The fourth-order valence-corrected chi connectivity index (χ4v) is 5.21. The highest BCUT2D eigenvalue weighted by molar-refractivity contribution is 7.44. The zero-order chi connectivity index (χ0) is 17.9. The predicted molar refractivity (Wildman–Crippen MR) is 96.2 cm³/mol. The molecule has 136 valence electrons. The summed E-state index contributed by atoms with van der Waals surface area (Å²) in [5.41, 5.74) is 0. The van der Waals surface area contributed by atoms with Gasteiger partial charge in [-0.05, 0) is 27.7 Å². The maximum Gasteiger partial charge on any atom is 0.259 e. The van der Waals surface area contributed by atoms with Gasteiger partial charge < -0.3 is 18.5 Å². The van der Waals surface area contributed by atoms with Gasteiger partial charge in [-0.3, -0.25) is 0 Å². The summed E-state index contributed by atoms with van der Waals surface area (Å²) in [5, 5.41) is 8.80. The molecule has 0 amide bonds. The average Bonchev–Trinajstić information content (AvgIpc) is 2.99. The van der Waals surface area contributed by atoms with Crippen LogP contribution < -0.4 is 0 Å². The lowest BCUT2D eigenvalue weighted by Gasteiger charge is -2.37. The van der Waals surface area contributed by atoms with E-state index in [0.29, 0.717) is 25.6 Å². The molecule has 3 unspecified atom stereocenters. The van der Waals surface area contributed by atoms with Gasteiger partial charge in [0.05, 0.1) is 37.8 Å². The van der Waals surface area contributed by atoms with Crippen molar-refractivity contribution < 1.29 is 18.5 Å². The Kier molecular flexibility index (Phi) is 7.48. The zero-order valence-corrected chi connectivity index (χ0v) is 16.5. The smallest absolute Gasteiger partial charge is 0.259 e. The molecule has 2 aliphatic heterocycles. The van der Waals surface area contributed by atoms with Crippen molar-refractivity contribution in [3.8, 4) is 6.07 Å². The van der Waals surface area contributed by atoms with Gasteiger partial charge in [-0.15, -0.1) is 0 Å². The molecular weight excluding hydrogens is 326 g/mol. The lowest BCUT2D eigenvalue weighted by atomic mass is 9.92. The second-order valence-corrected chi connectivity index (χ2v) is 8.60. The van der Waals surface area contributed by atoms with Crippen LogP contribution in [0.1, 0.15) is 41.0 Å². The summed E-state index contributed by atoms with van der Waals surface area (Å²) in [5.74, 6) is 0.392. The monoisotopic (exact) mass is 356 g/mol. The largest absolute Gasteiger partial charge is 0.378 e. The maximum atomic E-state index is 8.80. The highest BCUT2D eigenvalue weighted by atomic mass is 31.2. The van der Waals surface area contributed by atoms with Gasteiger partial charge in [-0.1, -0.05) is 6.92 Å². The van der Waals surface area contributed by atoms with E-state index in [-0.39, 0.29) is 36.4 Å². The number of nitrogens with zero attached hydrogens (tertiary/aromatic N) is 2. The first kappa shape index (κ1) is 20.1. The third-order valence-electron chi connectivity index (χ3n) is 4.47. The van der Waals surface area contributed by atoms with E-state index in [1.165, 1.54) is 0 Å². The van der Waals surface area contributed by atoms with Crippen molar-refractivity contribution in [3.05, 3.63) is 0 Å². The van der Waals surface area contributed by atoms with Crippen LogP contribution in [0.15, 0.2) is 0 Å². The molecule has 0 aromatic heterocycles. The van der Waals surface area contributed by atoms with Crippen LogP contribution in [-0.2, 0) is 18.5 Å².